The van der Waals surface area contributed by atoms with Gasteiger partial charge in [0, 0.05) is 11.8 Å². The van der Waals surface area contributed by atoms with Crippen LogP contribution in [-0.4, -0.2) is 43.8 Å². The van der Waals surface area contributed by atoms with Gasteiger partial charge in [-0.2, -0.15) is 0 Å². The summed E-state index contributed by atoms with van der Waals surface area (Å²) in [6.07, 6.45) is 0. The maximum atomic E-state index is 5.72. The third kappa shape index (κ3) is 3.86. The van der Waals surface area contributed by atoms with Crippen molar-refractivity contribution in [1.82, 2.24) is 4.90 Å². The standard InChI is InChI=1S/C19H23N3OS/c1-21-11-12-22(18(14-21)15-7-4-3-5-8-15)19(24)20-16-9-6-10-17(13-16)23-2/h3-10,13,18H,11-12,14H2,1-2H3,(H,20,24)/p+1/t18-/m1/s1. The second-order valence-corrected chi connectivity index (χ2v) is 6.58. The Morgan fingerprint density at radius 3 is 2.75 bits per heavy atom. The van der Waals surface area contributed by atoms with Crippen molar-refractivity contribution in [3.63, 3.8) is 0 Å². The predicted molar refractivity (Wildman–Crippen MR) is 102 cm³/mol. The van der Waals surface area contributed by atoms with Crippen LogP contribution in [0.25, 0.3) is 0 Å². The van der Waals surface area contributed by atoms with Crippen molar-refractivity contribution < 1.29 is 9.64 Å². The van der Waals surface area contributed by atoms with Gasteiger partial charge in [0.2, 0.25) is 0 Å². The number of nitrogens with one attached hydrogen (secondary N) is 2. The maximum Gasteiger partial charge on any atom is 0.174 e. The van der Waals surface area contributed by atoms with Crippen LogP contribution in [0.15, 0.2) is 54.6 Å². The molecule has 0 bridgehead atoms. The van der Waals surface area contributed by atoms with Gasteiger partial charge >= 0.3 is 0 Å². The van der Waals surface area contributed by atoms with Crippen molar-refractivity contribution in [2.24, 2.45) is 0 Å². The zero-order valence-corrected chi connectivity index (χ0v) is 15.0. The summed E-state index contributed by atoms with van der Waals surface area (Å²) in [4.78, 5) is 3.83. The van der Waals surface area contributed by atoms with Gasteiger partial charge in [-0.1, -0.05) is 36.4 Å². The first kappa shape index (κ1) is 16.7. The SMILES string of the molecule is COc1cccc(NC(=S)N2CC[NH+](C)C[C@@H]2c2ccccc2)c1. The molecule has 1 heterocycles. The van der Waals surface area contributed by atoms with Gasteiger partial charge in [0.1, 0.15) is 18.3 Å². The van der Waals surface area contributed by atoms with E-state index < -0.39 is 0 Å². The minimum atomic E-state index is 0.297. The number of ether oxygens (including phenoxy) is 1. The number of benzene rings is 2. The zero-order valence-electron chi connectivity index (χ0n) is 14.2. The van der Waals surface area contributed by atoms with E-state index in [1.54, 1.807) is 7.11 Å². The van der Waals surface area contributed by atoms with Crippen molar-refractivity contribution in [1.29, 1.82) is 0 Å². The number of thiocarbonyl (C=S) groups is 1. The number of hydrogen-bond donors (Lipinski definition) is 2. The quantitative estimate of drug-likeness (QED) is 0.835. The van der Waals surface area contributed by atoms with Gasteiger partial charge in [0.05, 0.1) is 27.2 Å². The van der Waals surface area contributed by atoms with E-state index in [1.165, 1.54) is 10.5 Å². The van der Waals surface area contributed by atoms with Crippen LogP contribution in [0, 0.1) is 0 Å². The van der Waals surface area contributed by atoms with Gasteiger partial charge < -0.3 is 19.9 Å². The lowest BCUT2D eigenvalue weighted by Gasteiger charge is -2.39. The lowest BCUT2D eigenvalue weighted by Crippen LogP contribution is -3.12. The number of methoxy groups -OCH3 is 1. The number of rotatable bonds is 3. The molecule has 0 amide bonds. The molecule has 0 saturated carbocycles. The second kappa shape index (κ2) is 7.64. The van der Waals surface area contributed by atoms with Crippen molar-refractivity contribution in [2.75, 3.05) is 39.1 Å². The van der Waals surface area contributed by atoms with Crippen molar-refractivity contribution in [2.45, 2.75) is 6.04 Å². The summed E-state index contributed by atoms with van der Waals surface area (Å²) in [7, 11) is 3.91. The fraction of sp³-hybridized carbons (Fsp3) is 0.316. The summed E-state index contributed by atoms with van der Waals surface area (Å²) in [5.74, 6) is 0.824. The smallest absolute Gasteiger partial charge is 0.174 e. The molecule has 2 aromatic carbocycles. The van der Waals surface area contributed by atoms with Crippen LogP contribution in [0.2, 0.25) is 0 Å². The molecule has 2 atom stereocenters. The van der Waals surface area contributed by atoms with Gasteiger partial charge in [-0.15, -0.1) is 0 Å². The molecule has 1 aliphatic heterocycles. The van der Waals surface area contributed by atoms with E-state index in [0.717, 1.165) is 36.2 Å². The van der Waals surface area contributed by atoms with Gasteiger partial charge in [-0.05, 0) is 29.9 Å². The predicted octanol–water partition coefficient (Wildman–Crippen LogP) is 1.96. The Balaban J connectivity index is 1.78. The Labute approximate surface area is 149 Å². The van der Waals surface area contributed by atoms with E-state index in [4.69, 9.17) is 17.0 Å². The molecule has 5 heteroatoms. The fourth-order valence-corrected chi connectivity index (χ4v) is 3.46. The van der Waals surface area contributed by atoms with Gasteiger partial charge in [-0.3, -0.25) is 0 Å². The Hall–Kier alpha value is -2.11. The second-order valence-electron chi connectivity index (χ2n) is 6.19. The number of quaternary nitrogens is 1. The Morgan fingerprint density at radius 1 is 1.21 bits per heavy atom. The first-order chi connectivity index (χ1) is 11.7. The van der Waals surface area contributed by atoms with E-state index in [-0.39, 0.29) is 0 Å². The first-order valence-corrected chi connectivity index (χ1v) is 8.66. The zero-order chi connectivity index (χ0) is 16.9. The van der Waals surface area contributed by atoms with Crippen LogP contribution >= 0.6 is 12.2 Å². The third-order valence-electron chi connectivity index (χ3n) is 4.46. The van der Waals surface area contributed by atoms with Crippen LogP contribution in [0.3, 0.4) is 0 Å². The molecule has 3 rings (SSSR count). The lowest BCUT2D eigenvalue weighted by molar-refractivity contribution is -0.887. The molecule has 0 radical (unpaired) electrons. The lowest BCUT2D eigenvalue weighted by atomic mass is 10.0. The summed E-state index contributed by atoms with van der Waals surface area (Å²) >= 11 is 5.72. The molecule has 4 nitrogen and oxygen atoms in total. The highest BCUT2D eigenvalue weighted by atomic mass is 32.1. The minimum absolute atomic E-state index is 0.297. The van der Waals surface area contributed by atoms with Crippen LogP contribution in [0.1, 0.15) is 11.6 Å². The summed E-state index contributed by atoms with van der Waals surface area (Å²) in [5.41, 5.74) is 2.27. The van der Waals surface area contributed by atoms with Crippen LogP contribution in [0.4, 0.5) is 5.69 Å². The molecule has 0 spiro atoms. The largest absolute Gasteiger partial charge is 0.497 e. The topological polar surface area (TPSA) is 28.9 Å². The monoisotopic (exact) mass is 342 g/mol. The van der Waals surface area contributed by atoms with E-state index in [9.17, 15) is 0 Å². The van der Waals surface area contributed by atoms with Gasteiger partial charge in [0.25, 0.3) is 0 Å². The highest BCUT2D eigenvalue weighted by Crippen LogP contribution is 2.23. The molecule has 1 fully saturated rings. The number of likely N-dealkylation sites (N-methyl/N-ethyl adjacent to an activating group) is 1. The maximum absolute atomic E-state index is 5.72. The summed E-state index contributed by atoms with van der Waals surface area (Å²) in [6, 6.07) is 18.8. The number of nitrogens with zero attached hydrogens (tertiary/aromatic N) is 1. The average Bonchev–Trinajstić information content (AvgIpc) is 2.62. The fourth-order valence-electron chi connectivity index (χ4n) is 3.12. The van der Waals surface area contributed by atoms with E-state index in [2.05, 4.69) is 47.6 Å². The molecule has 0 aliphatic carbocycles. The summed E-state index contributed by atoms with van der Waals surface area (Å²) < 4.78 is 5.29. The van der Waals surface area contributed by atoms with Gasteiger partial charge in [0.15, 0.2) is 5.11 Å². The molecule has 24 heavy (non-hydrogen) atoms. The molecule has 126 valence electrons. The molecule has 1 aliphatic rings. The first-order valence-electron chi connectivity index (χ1n) is 8.25. The highest BCUT2D eigenvalue weighted by Gasteiger charge is 2.30. The molecule has 2 N–H and O–H groups in total. The van der Waals surface area contributed by atoms with E-state index in [1.807, 2.05) is 24.3 Å². The molecule has 2 aromatic rings. The van der Waals surface area contributed by atoms with Crippen molar-refractivity contribution in [3.8, 4) is 5.75 Å². The highest BCUT2D eigenvalue weighted by molar-refractivity contribution is 7.80. The Kier molecular flexibility index (Phi) is 5.33. The Bertz CT molecular complexity index is 692. The number of anilines is 1. The van der Waals surface area contributed by atoms with E-state index >= 15 is 0 Å². The van der Waals surface area contributed by atoms with Crippen LogP contribution in [-0.2, 0) is 0 Å². The van der Waals surface area contributed by atoms with Crippen molar-refractivity contribution >= 4 is 23.0 Å². The molecular weight excluding hydrogens is 318 g/mol. The van der Waals surface area contributed by atoms with E-state index in [0.29, 0.717) is 6.04 Å². The summed E-state index contributed by atoms with van der Waals surface area (Å²) in [5, 5.41) is 4.14. The number of piperazine rings is 1. The minimum Gasteiger partial charge on any atom is -0.497 e. The molecule has 1 saturated heterocycles. The van der Waals surface area contributed by atoms with Crippen LogP contribution < -0.4 is 15.0 Å². The molecular formula is C19H24N3OS+. The Morgan fingerprint density at radius 2 is 2.00 bits per heavy atom. The number of hydrogen-bond acceptors (Lipinski definition) is 2. The van der Waals surface area contributed by atoms with Crippen LogP contribution in [0.5, 0.6) is 5.75 Å². The average molecular weight is 342 g/mol. The molecule has 1 unspecified atom stereocenters. The molecule has 0 aromatic heterocycles. The third-order valence-corrected chi connectivity index (χ3v) is 4.80. The normalized spacial score (nSPS) is 20.5. The van der Waals surface area contributed by atoms with Crippen molar-refractivity contribution in [3.05, 3.63) is 60.2 Å². The van der Waals surface area contributed by atoms with Gasteiger partial charge in [-0.25, -0.2) is 0 Å². The summed E-state index contributed by atoms with van der Waals surface area (Å²) in [6.45, 7) is 3.08.